The Morgan fingerprint density at radius 3 is 2.78 bits per heavy atom. The zero-order chi connectivity index (χ0) is 13.3. The SMILES string of the molecule is CC(C)C(O)CN1CC2CNCCN2C(=O)C1=O. The van der Waals surface area contributed by atoms with Crippen molar-refractivity contribution in [3.63, 3.8) is 0 Å². The predicted molar refractivity (Wildman–Crippen MR) is 65.8 cm³/mol. The van der Waals surface area contributed by atoms with Crippen LogP contribution in [0, 0.1) is 5.92 Å². The van der Waals surface area contributed by atoms with Gasteiger partial charge >= 0.3 is 11.8 Å². The van der Waals surface area contributed by atoms with Crippen molar-refractivity contribution in [2.75, 3.05) is 32.7 Å². The molecule has 6 nitrogen and oxygen atoms in total. The standard InChI is InChI=1S/C12H21N3O3/c1-8(2)10(16)7-14-6-9-5-13-3-4-15(9)12(18)11(14)17/h8-10,13,16H,3-7H2,1-2H3. The summed E-state index contributed by atoms with van der Waals surface area (Å²) in [6, 6.07) is 0.0447. The van der Waals surface area contributed by atoms with Crippen LogP contribution in [0.1, 0.15) is 13.8 Å². The van der Waals surface area contributed by atoms with Gasteiger partial charge in [-0.2, -0.15) is 0 Å². The molecular weight excluding hydrogens is 234 g/mol. The third-order valence-corrected chi connectivity index (χ3v) is 3.69. The Balaban J connectivity index is 2.04. The van der Waals surface area contributed by atoms with E-state index in [4.69, 9.17) is 0 Å². The van der Waals surface area contributed by atoms with Crippen LogP contribution in [0.25, 0.3) is 0 Å². The van der Waals surface area contributed by atoms with E-state index in [0.29, 0.717) is 19.6 Å². The normalized spacial score (nSPS) is 26.6. The summed E-state index contributed by atoms with van der Waals surface area (Å²) in [5.74, 6) is -0.827. The summed E-state index contributed by atoms with van der Waals surface area (Å²) in [4.78, 5) is 27.0. The molecule has 0 saturated carbocycles. The highest BCUT2D eigenvalue weighted by atomic mass is 16.3. The van der Waals surface area contributed by atoms with E-state index in [-0.39, 0.29) is 18.5 Å². The highest BCUT2D eigenvalue weighted by molar-refractivity contribution is 6.35. The van der Waals surface area contributed by atoms with Gasteiger partial charge in [-0.1, -0.05) is 13.8 Å². The van der Waals surface area contributed by atoms with Gasteiger partial charge in [0.2, 0.25) is 0 Å². The van der Waals surface area contributed by atoms with E-state index in [2.05, 4.69) is 5.32 Å². The van der Waals surface area contributed by atoms with E-state index in [9.17, 15) is 14.7 Å². The van der Waals surface area contributed by atoms with Crippen molar-refractivity contribution in [1.29, 1.82) is 0 Å². The van der Waals surface area contributed by atoms with Gasteiger partial charge in [-0.3, -0.25) is 9.59 Å². The van der Waals surface area contributed by atoms with E-state index in [1.165, 1.54) is 4.90 Å². The lowest BCUT2D eigenvalue weighted by atomic mass is 10.0. The first-order valence-electron chi connectivity index (χ1n) is 6.49. The molecule has 6 heteroatoms. The maximum atomic E-state index is 11.9. The van der Waals surface area contributed by atoms with Crippen molar-refractivity contribution in [2.24, 2.45) is 5.92 Å². The van der Waals surface area contributed by atoms with Crippen LogP contribution in [-0.2, 0) is 9.59 Å². The largest absolute Gasteiger partial charge is 0.391 e. The van der Waals surface area contributed by atoms with Gasteiger partial charge in [0.1, 0.15) is 0 Å². The van der Waals surface area contributed by atoms with Crippen LogP contribution < -0.4 is 5.32 Å². The second kappa shape index (κ2) is 5.24. The number of β-amino-alcohol motifs (C(OH)–C–C–N with tert-alkyl or cyclic N) is 1. The lowest BCUT2D eigenvalue weighted by Gasteiger charge is -2.43. The molecule has 0 radical (unpaired) electrons. The molecule has 2 rings (SSSR count). The topological polar surface area (TPSA) is 72.9 Å². The van der Waals surface area contributed by atoms with Crippen LogP contribution in [0.2, 0.25) is 0 Å². The van der Waals surface area contributed by atoms with E-state index in [1.807, 2.05) is 13.8 Å². The zero-order valence-electron chi connectivity index (χ0n) is 10.9. The molecule has 2 heterocycles. The summed E-state index contributed by atoms with van der Waals surface area (Å²) in [5, 5.41) is 13.1. The molecule has 102 valence electrons. The van der Waals surface area contributed by atoms with Crippen molar-refractivity contribution in [2.45, 2.75) is 26.0 Å². The minimum atomic E-state index is -0.579. The molecular formula is C12H21N3O3. The first-order chi connectivity index (χ1) is 8.50. The average molecular weight is 255 g/mol. The van der Waals surface area contributed by atoms with Crippen molar-refractivity contribution < 1.29 is 14.7 Å². The number of piperazine rings is 2. The minimum Gasteiger partial charge on any atom is -0.391 e. The molecule has 2 aliphatic rings. The molecule has 0 aromatic heterocycles. The number of carbonyl (C=O) groups excluding carboxylic acids is 2. The number of aliphatic hydroxyl groups is 1. The monoisotopic (exact) mass is 255 g/mol. The van der Waals surface area contributed by atoms with E-state index < -0.39 is 17.9 Å². The number of hydrogen-bond donors (Lipinski definition) is 2. The molecule has 2 saturated heterocycles. The lowest BCUT2D eigenvalue weighted by molar-refractivity contribution is -0.161. The molecule has 0 aromatic carbocycles. The summed E-state index contributed by atoms with van der Waals surface area (Å²) >= 11 is 0. The quantitative estimate of drug-likeness (QED) is 0.611. The number of aliphatic hydroxyl groups excluding tert-OH is 1. The molecule has 2 amide bonds. The first-order valence-corrected chi connectivity index (χ1v) is 6.49. The summed E-state index contributed by atoms with van der Waals surface area (Å²) in [6.45, 7) is 6.60. The Morgan fingerprint density at radius 1 is 1.39 bits per heavy atom. The van der Waals surface area contributed by atoms with Gasteiger partial charge in [-0.15, -0.1) is 0 Å². The second-order valence-electron chi connectivity index (χ2n) is 5.38. The van der Waals surface area contributed by atoms with Gasteiger partial charge in [-0.25, -0.2) is 0 Å². The lowest BCUT2D eigenvalue weighted by Crippen LogP contribution is -2.66. The van der Waals surface area contributed by atoms with Crippen molar-refractivity contribution in [3.05, 3.63) is 0 Å². The van der Waals surface area contributed by atoms with E-state index in [0.717, 1.165) is 6.54 Å². The van der Waals surface area contributed by atoms with Gasteiger partial charge in [0, 0.05) is 32.7 Å². The van der Waals surface area contributed by atoms with Gasteiger partial charge in [0.25, 0.3) is 0 Å². The summed E-state index contributed by atoms with van der Waals surface area (Å²) < 4.78 is 0. The smallest absolute Gasteiger partial charge is 0.312 e. The van der Waals surface area contributed by atoms with Gasteiger partial charge < -0.3 is 20.2 Å². The average Bonchev–Trinajstić information content (AvgIpc) is 2.35. The van der Waals surface area contributed by atoms with Gasteiger partial charge in [-0.05, 0) is 5.92 Å². The Labute approximate surface area is 107 Å². The Morgan fingerprint density at radius 2 is 2.11 bits per heavy atom. The molecule has 0 aliphatic carbocycles. The number of hydrogen-bond acceptors (Lipinski definition) is 4. The summed E-state index contributed by atoms with van der Waals surface area (Å²) in [6.07, 6.45) is -0.579. The summed E-state index contributed by atoms with van der Waals surface area (Å²) in [7, 11) is 0. The highest BCUT2D eigenvalue weighted by Crippen LogP contribution is 2.15. The molecule has 2 fully saturated rings. The molecule has 18 heavy (non-hydrogen) atoms. The molecule has 2 N–H and O–H groups in total. The minimum absolute atomic E-state index is 0.0447. The molecule has 0 aromatic rings. The highest BCUT2D eigenvalue weighted by Gasteiger charge is 2.40. The van der Waals surface area contributed by atoms with Crippen LogP contribution in [-0.4, -0.2) is 71.6 Å². The van der Waals surface area contributed by atoms with Gasteiger partial charge in [0.15, 0.2) is 0 Å². The van der Waals surface area contributed by atoms with Crippen LogP contribution in [0.3, 0.4) is 0 Å². The summed E-state index contributed by atoms with van der Waals surface area (Å²) in [5.41, 5.74) is 0. The van der Waals surface area contributed by atoms with Crippen molar-refractivity contribution in [3.8, 4) is 0 Å². The Bertz CT molecular complexity index is 345. The van der Waals surface area contributed by atoms with Crippen LogP contribution in [0.4, 0.5) is 0 Å². The number of fused-ring (bicyclic) bond motifs is 1. The van der Waals surface area contributed by atoms with Gasteiger partial charge in [0.05, 0.1) is 12.1 Å². The maximum Gasteiger partial charge on any atom is 0.312 e. The first kappa shape index (κ1) is 13.3. The second-order valence-corrected chi connectivity index (χ2v) is 5.38. The number of nitrogens with one attached hydrogen (secondary N) is 1. The molecule has 0 bridgehead atoms. The van der Waals surface area contributed by atoms with Crippen molar-refractivity contribution in [1.82, 2.24) is 15.1 Å². The predicted octanol–water partition coefficient (Wildman–Crippen LogP) is -1.35. The molecule has 2 aliphatic heterocycles. The fourth-order valence-electron chi connectivity index (χ4n) is 2.38. The van der Waals surface area contributed by atoms with Crippen LogP contribution in [0.5, 0.6) is 0 Å². The number of nitrogens with zero attached hydrogens (tertiary/aromatic N) is 2. The van der Waals surface area contributed by atoms with Crippen LogP contribution >= 0.6 is 0 Å². The Kier molecular flexibility index (Phi) is 3.87. The number of carbonyl (C=O) groups is 2. The fraction of sp³-hybridized carbons (Fsp3) is 0.833. The number of amides is 2. The van der Waals surface area contributed by atoms with Crippen molar-refractivity contribution >= 4 is 11.8 Å². The third kappa shape index (κ3) is 2.49. The molecule has 2 unspecified atom stereocenters. The van der Waals surface area contributed by atoms with E-state index >= 15 is 0 Å². The number of rotatable bonds is 3. The van der Waals surface area contributed by atoms with Crippen LogP contribution in [0.15, 0.2) is 0 Å². The fourth-order valence-corrected chi connectivity index (χ4v) is 2.38. The zero-order valence-corrected chi connectivity index (χ0v) is 10.9. The Hall–Kier alpha value is -1.14. The third-order valence-electron chi connectivity index (χ3n) is 3.69. The molecule has 0 spiro atoms. The van der Waals surface area contributed by atoms with E-state index in [1.54, 1.807) is 4.90 Å². The molecule has 2 atom stereocenters. The maximum absolute atomic E-state index is 11.9.